The van der Waals surface area contributed by atoms with Gasteiger partial charge in [0.15, 0.2) is 28.4 Å². The highest BCUT2D eigenvalue weighted by molar-refractivity contribution is 6.31. The third-order valence-electron chi connectivity index (χ3n) is 11.7. The molecule has 0 radical (unpaired) electrons. The van der Waals surface area contributed by atoms with E-state index in [4.69, 9.17) is 39.3 Å². The summed E-state index contributed by atoms with van der Waals surface area (Å²) in [5, 5.41) is 104. The molecule has 9 unspecified atom stereocenters. The number of nitrogens with one attached hydrogen (secondary N) is 1. The van der Waals surface area contributed by atoms with E-state index in [9.17, 15) is 65.4 Å². The van der Waals surface area contributed by atoms with Crippen molar-refractivity contribution in [2.24, 2.45) is 16.5 Å². The van der Waals surface area contributed by atoms with E-state index in [0.29, 0.717) is 32.4 Å². The normalized spacial score (nSPS) is 15.8. The van der Waals surface area contributed by atoms with E-state index in [1.807, 2.05) is 48.5 Å². The Morgan fingerprint density at radius 2 is 1.24 bits per heavy atom. The number of unbranched alkanes of at least 4 members (excludes halogenated alkanes) is 2. The number of aliphatic hydroxyl groups is 10. The number of aromatic nitrogens is 2. The largest absolute Gasteiger partial charge is 0.467 e. The molecule has 24 nitrogen and oxygen atoms in total. The highest BCUT2D eigenvalue weighted by Crippen LogP contribution is 2.23. The van der Waals surface area contributed by atoms with E-state index in [-0.39, 0.29) is 60.8 Å². The lowest BCUT2D eigenvalue weighted by Crippen LogP contribution is -2.55. The second-order valence-electron chi connectivity index (χ2n) is 17.0. The number of hydrogen-bond acceptors (Lipinski definition) is 21. The van der Waals surface area contributed by atoms with Crippen molar-refractivity contribution in [3.63, 3.8) is 0 Å². The summed E-state index contributed by atoms with van der Waals surface area (Å²) in [7, 11) is 1.17. The first-order valence-electron chi connectivity index (χ1n) is 23.1. The molecule has 1 aromatic heterocycles. The number of nitrogens with zero attached hydrogens (tertiary/aromatic N) is 5. The van der Waals surface area contributed by atoms with Crippen molar-refractivity contribution in [2.45, 2.75) is 106 Å². The Labute approximate surface area is 416 Å². The van der Waals surface area contributed by atoms with Gasteiger partial charge in [0.2, 0.25) is 5.91 Å². The van der Waals surface area contributed by atoms with Crippen LogP contribution in [0.25, 0.3) is 11.1 Å². The highest BCUT2D eigenvalue weighted by Gasteiger charge is 2.36. The number of hydrogen-bond donors (Lipinski definition) is 15. The smallest absolute Gasteiger partial charge is 0.328 e. The van der Waals surface area contributed by atoms with Crippen molar-refractivity contribution >= 4 is 47.0 Å². The van der Waals surface area contributed by atoms with Crippen LogP contribution in [0.2, 0.25) is 5.15 Å². The summed E-state index contributed by atoms with van der Waals surface area (Å²) in [6, 6.07) is 14.5. The first kappa shape index (κ1) is 60.1. The number of nitrogens with two attached hydrogens (primary N) is 4. The highest BCUT2D eigenvalue weighted by atomic mass is 35.5. The molecular formula is C46H71ClN10O14. The molecule has 25 heteroatoms. The van der Waals surface area contributed by atoms with Gasteiger partial charge in [-0.15, -0.1) is 0 Å². The number of carbonyl (C=O) groups is 3. The van der Waals surface area contributed by atoms with E-state index in [1.165, 1.54) is 16.9 Å². The van der Waals surface area contributed by atoms with E-state index in [1.54, 1.807) is 0 Å². The summed E-state index contributed by atoms with van der Waals surface area (Å²) >= 11 is 5.84. The molecule has 2 amide bonds. The second-order valence-corrected chi connectivity index (χ2v) is 17.3. The molecule has 2 aromatic carbocycles. The Kier molecular flexibility index (Phi) is 25.9. The summed E-state index contributed by atoms with van der Waals surface area (Å²) in [4.78, 5) is 54.2. The van der Waals surface area contributed by atoms with Gasteiger partial charge in [-0.25, -0.2) is 14.8 Å². The van der Waals surface area contributed by atoms with Gasteiger partial charge in [0, 0.05) is 39.1 Å². The molecule has 3 rings (SSSR count). The van der Waals surface area contributed by atoms with Gasteiger partial charge in [0.05, 0.1) is 32.5 Å². The minimum Gasteiger partial charge on any atom is -0.467 e. The van der Waals surface area contributed by atoms with Gasteiger partial charge >= 0.3 is 5.97 Å². The van der Waals surface area contributed by atoms with Crippen LogP contribution < -0.4 is 28.3 Å². The van der Waals surface area contributed by atoms with Gasteiger partial charge in [-0.2, -0.15) is 0 Å². The number of halogens is 1. The zero-order valence-electron chi connectivity index (χ0n) is 39.7. The second kappa shape index (κ2) is 30.6. The Balaban J connectivity index is 1.69. The van der Waals surface area contributed by atoms with Crippen molar-refractivity contribution in [3.8, 4) is 11.1 Å². The topological polar surface area (TPSA) is 423 Å². The monoisotopic (exact) mass is 1020 g/mol. The summed E-state index contributed by atoms with van der Waals surface area (Å²) < 4.78 is 5.08. The van der Waals surface area contributed by atoms with Gasteiger partial charge in [-0.05, 0) is 73.7 Å². The van der Waals surface area contributed by atoms with Crippen LogP contribution in [-0.4, -0.2) is 209 Å². The molecule has 19 N–H and O–H groups in total. The zero-order chi connectivity index (χ0) is 52.8. The molecule has 0 aliphatic rings. The maximum absolute atomic E-state index is 14.1. The molecule has 0 saturated carbocycles. The Morgan fingerprint density at radius 3 is 1.75 bits per heavy atom. The van der Waals surface area contributed by atoms with Gasteiger partial charge in [0.1, 0.15) is 42.7 Å². The van der Waals surface area contributed by atoms with Crippen molar-refractivity contribution < 1.29 is 70.2 Å². The predicted molar refractivity (Wildman–Crippen MR) is 262 cm³/mol. The van der Waals surface area contributed by atoms with E-state index in [0.717, 1.165) is 35.1 Å². The quantitative estimate of drug-likeness (QED) is 0.0129. The number of rotatable bonds is 31. The van der Waals surface area contributed by atoms with Crippen molar-refractivity contribution in [3.05, 3.63) is 70.5 Å². The fourth-order valence-electron chi connectivity index (χ4n) is 7.44. The Hall–Kier alpha value is -5.19. The van der Waals surface area contributed by atoms with Gasteiger partial charge in [-0.1, -0.05) is 60.1 Å². The average Bonchev–Trinajstić information content (AvgIpc) is 3.36. The summed E-state index contributed by atoms with van der Waals surface area (Å²) in [5.74, 6) is -2.32. The molecule has 0 fully saturated rings. The van der Waals surface area contributed by atoms with Crippen LogP contribution in [0.15, 0.2) is 53.5 Å². The number of methoxy groups -OCH3 is 1. The first-order valence-corrected chi connectivity index (χ1v) is 23.5. The van der Waals surface area contributed by atoms with Crippen LogP contribution in [0, 0.1) is 0 Å². The van der Waals surface area contributed by atoms with Gasteiger partial charge < -0.3 is 83.6 Å². The molecule has 71 heavy (non-hydrogen) atoms. The van der Waals surface area contributed by atoms with E-state index < -0.39 is 99.0 Å². The Morgan fingerprint density at radius 1 is 0.718 bits per heavy atom. The van der Waals surface area contributed by atoms with Gasteiger partial charge in [-0.3, -0.25) is 24.8 Å². The lowest BCUT2D eigenvalue weighted by atomic mass is 9.99. The van der Waals surface area contributed by atoms with Crippen LogP contribution in [-0.2, 0) is 27.2 Å². The fraction of sp³-hybridized carbons (Fsp3) is 0.565. The molecule has 0 spiro atoms. The number of esters is 1. The summed E-state index contributed by atoms with van der Waals surface area (Å²) in [6.45, 7) is -2.82. The molecule has 0 saturated heterocycles. The van der Waals surface area contributed by atoms with Crippen LogP contribution in [0.5, 0.6) is 0 Å². The predicted octanol–water partition coefficient (Wildman–Crippen LogP) is -3.37. The number of guanidine groups is 1. The molecule has 9 atom stereocenters. The number of benzene rings is 2. The third-order valence-corrected chi connectivity index (χ3v) is 12.0. The number of carbonyl (C=O) groups excluding carboxylic acids is 3. The summed E-state index contributed by atoms with van der Waals surface area (Å²) in [6.07, 6.45) is -11.8. The maximum atomic E-state index is 14.1. The average molecular weight is 1020 g/mol. The SMILES string of the molecule is COC(=O)C(CCCCN)N(CCN(CC(O)C(O)C(O)C(O)CO)CC(O)C(O)C(O)C(O)CO)C(=O)CCc1ccc(-c2ccc(CCCCN=C(N)NC(=O)c3nc(Cl)c(N)nc3N)cc2)cc1. The molecular weight excluding hydrogens is 952 g/mol. The van der Waals surface area contributed by atoms with Crippen molar-refractivity contribution in [1.82, 2.24) is 25.1 Å². The van der Waals surface area contributed by atoms with Crippen LogP contribution in [0.3, 0.4) is 0 Å². The molecule has 0 bridgehead atoms. The number of aryl methyl sites for hydroxylation is 2. The lowest BCUT2D eigenvalue weighted by Gasteiger charge is -2.36. The molecule has 1 heterocycles. The maximum Gasteiger partial charge on any atom is 0.328 e. The molecule has 0 aliphatic heterocycles. The van der Waals surface area contributed by atoms with Crippen molar-refractivity contribution in [1.29, 1.82) is 0 Å². The lowest BCUT2D eigenvalue weighted by molar-refractivity contribution is -0.154. The van der Waals surface area contributed by atoms with Crippen LogP contribution in [0.1, 0.15) is 60.1 Å². The van der Waals surface area contributed by atoms with E-state index >= 15 is 0 Å². The van der Waals surface area contributed by atoms with Crippen LogP contribution in [0.4, 0.5) is 11.6 Å². The molecule has 396 valence electrons. The van der Waals surface area contributed by atoms with E-state index in [2.05, 4.69) is 20.3 Å². The summed E-state index contributed by atoms with van der Waals surface area (Å²) in [5.41, 5.74) is 26.4. The number of aliphatic hydroxyl groups excluding tert-OH is 10. The van der Waals surface area contributed by atoms with Crippen molar-refractivity contribution in [2.75, 3.05) is 71.1 Å². The zero-order valence-corrected chi connectivity index (χ0v) is 40.4. The number of nitrogen functional groups attached to an aromatic ring is 2. The first-order chi connectivity index (χ1) is 33.8. The minimum atomic E-state index is -2.02. The Bertz CT molecular complexity index is 2100. The minimum absolute atomic E-state index is 0.0621. The number of aliphatic imine (C=N–C) groups is 1. The number of anilines is 2. The van der Waals surface area contributed by atoms with Crippen LogP contribution >= 0.6 is 11.6 Å². The molecule has 3 aromatic rings. The van der Waals surface area contributed by atoms with Gasteiger partial charge in [0.25, 0.3) is 5.91 Å². The third kappa shape index (κ3) is 19.1. The standard InChI is InChI=1S/C46H71ClN10O14/c1-71-45(70)30(7-2-4-18-48)57(21-20-56(22-31(60)37(65)39(67)33(62)24-58)23-32(61)38(66)40(68)34(63)25-59)35(64)17-12-27-10-15-29(16-11-27)28-13-8-26(9-14-28)6-3-5-19-52-46(51)55-44(69)36-42(49)54-43(50)41(47)53-36/h8-11,13-16,30-34,37-40,58-63,65-68H,2-7,12,17-25,48H2,1H3,(H4,49,50,54)(H3,51,52,55,69). The number of amides is 2. The molecule has 0 aliphatic carbocycles. The number of ether oxygens (including phenoxy) is 1. The fourth-order valence-corrected chi connectivity index (χ4v) is 7.56.